The molecule has 0 saturated heterocycles. The third-order valence-corrected chi connectivity index (χ3v) is 3.05. The fourth-order valence-electron chi connectivity index (χ4n) is 1.09. The topological polar surface area (TPSA) is 38.3 Å². The van der Waals surface area contributed by atoms with Crippen LogP contribution in [0.25, 0.3) is 0 Å². The SMILES string of the molecule is COc1c(Br)cc(Cl)cc1NC(=O)C(C)Br. The minimum absolute atomic E-state index is 0.160. The maximum atomic E-state index is 11.5. The van der Waals surface area contributed by atoms with Gasteiger partial charge in [-0.15, -0.1) is 0 Å². The number of alkyl halides is 1. The van der Waals surface area contributed by atoms with E-state index in [1.54, 1.807) is 19.1 Å². The van der Waals surface area contributed by atoms with Crippen LogP contribution in [0.3, 0.4) is 0 Å². The Kier molecular flexibility index (Phi) is 5.08. The summed E-state index contributed by atoms with van der Waals surface area (Å²) in [7, 11) is 1.53. The summed E-state index contributed by atoms with van der Waals surface area (Å²) in [5.74, 6) is 0.387. The number of anilines is 1. The van der Waals surface area contributed by atoms with Crippen molar-refractivity contribution >= 4 is 55.1 Å². The maximum absolute atomic E-state index is 11.5. The summed E-state index contributed by atoms with van der Waals surface area (Å²) < 4.78 is 5.87. The minimum atomic E-state index is -0.282. The zero-order valence-corrected chi connectivity index (χ0v) is 12.6. The van der Waals surface area contributed by atoms with E-state index >= 15 is 0 Å². The Balaban J connectivity index is 3.07. The number of halogens is 3. The van der Waals surface area contributed by atoms with E-state index in [9.17, 15) is 4.79 Å². The number of amides is 1. The van der Waals surface area contributed by atoms with Gasteiger partial charge < -0.3 is 10.1 Å². The van der Waals surface area contributed by atoms with E-state index in [0.717, 1.165) is 0 Å². The number of nitrogens with one attached hydrogen (secondary N) is 1. The summed E-state index contributed by atoms with van der Waals surface area (Å²) in [5, 5.41) is 3.24. The predicted molar refractivity (Wildman–Crippen MR) is 72.7 cm³/mol. The second-order valence-electron chi connectivity index (χ2n) is 3.07. The molecule has 0 bridgehead atoms. The first-order valence-corrected chi connectivity index (χ1v) is 6.52. The number of carbonyl (C=O) groups excluding carboxylic acids is 1. The first-order chi connectivity index (χ1) is 7.45. The Morgan fingerprint density at radius 3 is 2.69 bits per heavy atom. The molecule has 1 atom stereocenters. The van der Waals surface area contributed by atoms with Gasteiger partial charge in [0.1, 0.15) is 0 Å². The Morgan fingerprint density at radius 1 is 1.56 bits per heavy atom. The van der Waals surface area contributed by atoms with E-state index in [-0.39, 0.29) is 10.7 Å². The highest BCUT2D eigenvalue weighted by atomic mass is 79.9. The molecule has 1 unspecified atom stereocenters. The molecule has 0 heterocycles. The highest BCUT2D eigenvalue weighted by Gasteiger charge is 2.14. The average molecular weight is 371 g/mol. The molecule has 0 aliphatic carbocycles. The Hall–Kier alpha value is -0.260. The molecule has 0 fully saturated rings. The van der Waals surface area contributed by atoms with Crippen LogP contribution in [0.4, 0.5) is 5.69 Å². The minimum Gasteiger partial charge on any atom is -0.493 e. The van der Waals surface area contributed by atoms with Crippen molar-refractivity contribution < 1.29 is 9.53 Å². The molecule has 1 aromatic carbocycles. The molecule has 0 saturated carbocycles. The maximum Gasteiger partial charge on any atom is 0.237 e. The summed E-state index contributed by atoms with van der Waals surface area (Å²) in [6.45, 7) is 1.74. The van der Waals surface area contributed by atoms with Gasteiger partial charge in [0.25, 0.3) is 0 Å². The fourth-order valence-corrected chi connectivity index (χ4v) is 2.18. The third kappa shape index (κ3) is 3.37. The van der Waals surface area contributed by atoms with Crippen LogP contribution in [-0.4, -0.2) is 17.8 Å². The number of benzene rings is 1. The Labute approximate surface area is 116 Å². The lowest BCUT2D eigenvalue weighted by Gasteiger charge is -2.13. The van der Waals surface area contributed by atoms with Crippen molar-refractivity contribution in [3.8, 4) is 5.75 Å². The lowest BCUT2D eigenvalue weighted by atomic mass is 10.3. The number of carbonyl (C=O) groups is 1. The van der Waals surface area contributed by atoms with E-state index in [2.05, 4.69) is 37.2 Å². The second-order valence-corrected chi connectivity index (χ2v) is 5.74. The normalized spacial score (nSPS) is 12.1. The number of rotatable bonds is 3. The molecule has 0 aliphatic rings. The molecule has 1 amide bonds. The van der Waals surface area contributed by atoms with E-state index in [1.165, 1.54) is 7.11 Å². The molecule has 3 nitrogen and oxygen atoms in total. The highest BCUT2D eigenvalue weighted by molar-refractivity contribution is 9.10. The van der Waals surface area contributed by atoms with Crippen LogP contribution in [0, 0.1) is 0 Å². The van der Waals surface area contributed by atoms with Crippen molar-refractivity contribution in [3.05, 3.63) is 21.6 Å². The van der Waals surface area contributed by atoms with E-state index in [1.807, 2.05) is 0 Å². The van der Waals surface area contributed by atoms with Gasteiger partial charge in [0.15, 0.2) is 5.75 Å². The van der Waals surface area contributed by atoms with Crippen LogP contribution in [-0.2, 0) is 4.79 Å². The molecule has 1 N–H and O–H groups in total. The number of methoxy groups -OCH3 is 1. The summed E-state index contributed by atoms with van der Waals surface area (Å²) >= 11 is 12.4. The van der Waals surface area contributed by atoms with E-state index in [4.69, 9.17) is 16.3 Å². The van der Waals surface area contributed by atoms with Gasteiger partial charge >= 0.3 is 0 Å². The molecule has 0 spiro atoms. The largest absolute Gasteiger partial charge is 0.493 e. The van der Waals surface area contributed by atoms with Gasteiger partial charge in [-0.1, -0.05) is 27.5 Å². The lowest BCUT2D eigenvalue weighted by molar-refractivity contribution is -0.115. The van der Waals surface area contributed by atoms with Crippen LogP contribution >= 0.6 is 43.5 Å². The molecule has 6 heteroatoms. The van der Waals surface area contributed by atoms with Crippen molar-refractivity contribution in [2.24, 2.45) is 0 Å². The van der Waals surface area contributed by atoms with Crippen LogP contribution in [0.15, 0.2) is 16.6 Å². The van der Waals surface area contributed by atoms with E-state index in [0.29, 0.717) is 20.9 Å². The van der Waals surface area contributed by atoms with Gasteiger partial charge in [0.05, 0.1) is 22.1 Å². The molecule has 88 valence electrons. The van der Waals surface area contributed by atoms with Gasteiger partial charge in [0, 0.05) is 5.02 Å². The van der Waals surface area contributed by atoms with Gasteiger partial charge in [-0.05, 0) is 35.0 Å². The Morgan fingerprint density at radius 2 is 2.19 bits per heavy atom. The van der Waals surface area contributed by atoms with Gasteiger partial charge in [0.2, 0.25) is 5.91 Å². The monoisotopic (exact) mass is 369 g/mol. The average Bonchev–Trinajstić information content (AvgIpc) is 2.16. The Bertz CT molecular complexity index is 410. The second kappa shape index (κ2) is 5.89. The molecule has 0 aromatic heterocycles. The van der Waals surface area contributed by atoms with Crippen molar-refractivity contribution in [2.45, 2.75) is 11.8 Å². The van der Waals surface area contributed by atoms with Crippen molar-refractivity contribution in [3.63, 3.8) is 0 Å². The number of ether oxygens (including phenoxy) is 1. The first kappa shape index (κ1) is 13.8. The van der Waals surface area contributed by atoms with Crippen molar-refractivity contribution in [2.75, 3.05) is 12.4 Å². The molecular formula is C10H10Br2ClNO2. The quantitative estimate of drug-likeness (QED) is 0.820. The zero-order chi connectivity index (χ0) is 12.3. The predicted octanol–water partition coefficient (Wildman–Crippen LogP) is 3.83. The lowest BCUT2D eigenvalue weighted by Crippen LogP contribution is -2.20. The molecule has 1 rings (SSSR count). The summed E-state index contributed by atoms with van der Waals surface area (Å²) in [5.41, 5.74) is 0.540. The van der Waals surface area contributed by atoms with Gasteiger partial charge in [-0.2, -0.15) is 0 Å². The van der Waals surface area contributed by atoms with Crippen molar-refractivity contribution in [1.29, 1.82) is 0 Å². The smallest absolute Gasteiger partial charge is 0.237 e. The van der Waals surface area contributed by atoms with Gasteiger partial charge in [-0.25, -0.2) is 0 Å². The molecule has 16 heavy (non-hydrogen) atoms. The van der Waals surface area contributed by atoms with Crippen molar-refractivity contribution in [1.82, 2.24) is 0 Å². The molecular weight excluding hydrogens is 361 g/mol. The summed E-state index contributed by atoms with van der Waals surface area (Å²) in [6.07, 6.45) is 0. The van der Waals surface area contributed by atoms with Crippen LogP contribution in [0.2, 0.25) is 5.02 Å². The molecule has 0 radical (unpaired) electrons. The first-order valence-electron chi connectivity index (χ1n) is 4.43. The van der Waals surface area contributed by atoms with Crippen LogP contribution in [0.1, 0.15) is 6.92 Å². The van der Waals surface area contributed by atoms with Crippen LogP contribution < -0.4 is 10.1 Å². The van der Waals surface area contributed by atoms with E-state index < -0.39 is 0 Å². The highest BCUT2D eigenvalue weighted by Crippen LogP contribution is 2.36. The van der Waals surface area contributed by atoms with Crippen LogP contribution in [0.5, 0.6) is 5.75 Å². The summed E-state index contributed by atoms with van der Waals surface area (Å²) in [4.78, 5) is 11.2. The third-order valence-electron chi connectivity index (χ3n) is 1.83. The zero-order valence-electron chi connectivity index (χ0n) is 8.68. The standard InChI is InChI=1S/C10H10Br2ClNO2/c1-5(11)10(15)14-8-4-6(13)3-7(12)9(8)16-2/h3-5H,1-2H3,(H,14,15). The number of hydrogen-bond donors (Lipinski definition) is 1. The number of hydrogen-bond acceptors (Lipinski definition) is 2. The fraction of sp³-hybridized carbons (Fsp3) is 0.300. The summed E-state index contributed by atoms with van der Waals surface area (Å²) in [6, 6.07) is 3.34. The molecule has 1 aromatic rings. The molecule has 0 aliphatic heterocycles. The van der Waals surface area contributed by atoms with Gasteiger partial charge in [-0.3, -0.25) is 4.79 Å².